The van der Waals surface area contributed by atoms with Gasteiger partial charge in [-0.2, -0.15) is 0 Å². The molecule has 0 saturated carbocycles. The molecule has 0 aliphatic heterocycles. The van der Waals surface area contributed by atoms with Gasteiger partial charge in [-0.15, -0.1) is 12.6 Å². The van der Waals surface area contributed by atoms with Crippen molar-refractivity contribution in [2.45, 2.75) is 50.9 Å². The minimum absolute atomic E-state index is 0.0139. The van der Waals surface area contributed by atoms with Crippen LogP contribution in [0.25, 0.3) is 0 Å². The predicted octanol–water partition coefficient (Wildman–Crippen LogP) is 3.46. The number of unbranched alkanes of at least 4 members (excludes halogenated alkanes) is 4. The van der Waals surface area contributed by atoms with Crippen LogP contribution in [0.2, 0.25) is 0 Å². The van der Waals surface area contributed by atoms with E-state index in [1.165, 1.54) is 32.1 Å². The monoisotopic (exact) mass is 194 g/mol. The van der Waals surface area contributed by atoms with Gasteiger partial charge in [-0.05, 0) is 25.8 Å². The summed E-state index contributed by atoms with van der Waals surface area (Å²) in [5.41, 5.74) is 0.0139. The standard InChI is InChI=1S/C8H18OS2/c1-2-3-4-5-6-7-8(10)9-11/h8,10-11H,2-7H2,1H3. The second-order valence-corrected chi connectivity index (χ2v) is 3.55. The fourth-order valence-electron chi connectivity index (χ4n) is 0.975. The largest absolute Gasteiger partial charge is 0.305 e. The summed E-state index contributed by atoms with van der Waals surface area (Å²) in [6.45, 7) is 2.22. The zero-order valence-electron chi connectivity index (χ0n) is 7.12. The van der Waals surface area contributed by atoms with Crippen molar-refractivity contribution < 1.29 is 4.18 Å². The zero-order valence-corrected chi connectivity index (χ0v) is 8.91. The van der Waals surface area contributed by atoms with E-state index in [2.05, 4.69) is 32.5 Å². The molecule has 0 saturated heterocycles. The van der Waals surface area contributed by atoms with E-state index in [4.69, 9.17) is 4.18 Å². The SMILES string of the molecule is CCCCCCCC(S)OS. The Hall–Kier alpha value is 0.660. The van der Waals surface area contributed by atoms with Crippen LogP contribution in [0.15, 0.2) is 0 Å². The van der Waals surface area contributed by atoms with E-state index >= 15 is 0 Å². The van der Waals surface area contributed by atoms with Crippen LogP contribution >= 0.6 is 25.5 Å². The van der Waals surface area contributed by atoms with Crippen molar-refractivity contribution >= 4 is 25.5 Å². The second kappa shape index (κ2) is 8.75. The van der Waals surface area contributed by atoms with Gasteiger partial charge >= 0.3 is 0 Å². The van der Waals surface area contributed by atoms with E-state index < -0.39 is 0 Å². The van der Waals surface area contributed by atoms with E-state index in [0.29, 0.717) is 0 Å². The van der Waals surface area contributed by atoms with Crippen molar-refractivity contribution in [3.63, 3.8) is 0 Å². The van der Waals surface area contributed by atoms with Crippen molar-refractivity contribution in [3.05, 3.63) is 0 Å². The molecule has 0 aromatic rings. The highest BCUT2D eigenvalue weighted by molar-refractivity contribution is 7.82. The molecule has 1 nitrogen and oxygen atoms in total. The number of hydrogen-bond donors (Lipinski definition) is 2. The molecule has 0 aromatic carbocycles. The van der Waals surface area contributed by atoms with Gasteiger partial charge in [0.1, 0.15) is 5.44 Å². The van der Waals surface area contributed by atoms with Crippen LogP contribution in [0.1, 0.15) is 45.4 Å². The van der Waals surface area contributed by atoms with Gasteiger partial charge in [-0.3, -0.25) is 0 Å². The molecule has 0 radical (unpaired) electrons. The normalized spacial score (nSPS) is 13.4. The summed E-state index contributed by atoms with van der Waals surface area (Å²) in [7, 11) is 0. The Kier molecular flexibility index (Phi) is 9.28. The average Bonchev–Trinajstić information content (AvgIpc) is 2.04. The van der Waals surface area contributed by atoms with Gasteiger partial charge in [0.25, 0.3) is 0 Å². The lowest BCUT2D eigenvalue weighted by molar-refractivity contribution is 0.327. The first kappa shape index (κ1) is 11.7. The first-order valence-corrected chi connectivity index (χ1v) is 5.17. The molecule has 0 N–H and O–H groups in total. The summed E-state index contributed by atoms with van der Waals surface area (Å²) in [4.78, 5) is 0. The third-order valence-electron chi connectivity index (χ3n) is 1.68. The summed E-state index contributed by atoms with van der Waals surface area (Å²) < 4.78 is 4.72. The molecule has 0 aliphatic carbocycles. The second-order valence-electron chi connectivity index (χ2n) is 2.76. The van der Waals surface area contributed by atoms with Crippen LogP contribution < -0.4 is 0 Å². The van der Waals surface area contributed by atoms with Crippen molar-refractivity contribution in [3.8, 4) is 0 Å². The lowest BCUT2D eigenvalue weighted by Gasteiger charge is -2.05. The molecule has 0 spiro atoms. The third kappa shape index (κ3) is 8.57. The van der Waals surface area contributed by atoms with Crippen LogP contribution in [0, 0.1) is 0 Å². The summed E-state index contributed by atoms with van der Waals surface area (Å²) in [5.74, 6) is 0. The lowest BCUT2D eigenvalue weighted by atomic mass is 10.1. The first-order chi connectivity index (χ1) is 5.31. The summed E-state index contributed by atoms with van der Waals surface area (Å²) in [5, 5.41) is 0. The van der Waals surface area contributed by atoms with Gasteiger partial charge in [-0.1, -0.05) is 32.6 Å². The van der Waals surface area contributed by atoms with Crippen LogP contribution in [0.4, 0.5) is 0 Å². The summed E-state index contributed by atoms with van der Waals surface area (Å²) >= 11 is 7.84. The number of hydrogen-bond acceptors (Lipinski definition) is 3. The van der Waals surface area contributed by atoms with Gasteiger partial charge in [-0.25, -0.2) is 0 Å². The smallest absolute Gasteiger partial charge is 0.114 e. The van der Waals surface area contributed by atoms with Gasteiger partial charge in [0.15, 0.2) is 0 Å². The Balaban J connectivity index is 2.89. The van der Waals surface area contributed by atoms with E-state index in [-0.39, 0.29) is 5.44 Å². The maximum absolute atomic E-state index is 4.72. The maximum Gasteiger partial charge on any atom is 0.114 e. The maximum atomic E-state index is 4.72. The van der Waals surface area contributed by atoms with Crippen molar-refractivity contribution in [2.75, 3.05) is 0 Å². The highest BCUT2D eigenvalue weighted by atomic mass is 32.1. The molecular weight excluding hydrogens is 176 g/mol. The Morgan fingerprint density at radius 3 is 2.36 bits per heavy atom. The Morgan fingerprint density at radius 2 is 1.82 bits per heavy atom. The fraction of sp³-hybridized carbons (Fsp3) is 1.00. The van der Waals surface area contributed by atoms with Gasteiger partial charge in [0.05, 0.1) is 0 Å². The van der Waals surface area contributed by atoms with Crippen molar-refractivity contribution in [1.29, 1.82) is 0 Å². The molecule has 0 amide bonds. The molecule has 0 rings (SSSR count). The average molecular weight is 194 g/mol. The fourth-order valence-corrected chi connectivity index (χ4v) is 1.26. The highest BCUT2D eigenvalue weighted by Gasteiger charge is 1.99. The van der Waals surface area contributed by atoms with Crippen LogP contribution in [-0.2, 0) is 4.18 Å². The van der Waals surface area contributed by atoms with Crippen molar-refractivity contribution in [1.82, 2.24) is 0 Å². The molecule has 11 heavy (non-hydrogen) atoms. The minimum atomic E-state index is 0.0139. The Morgan fingerprint density at radius 1 is 1.18 bits per heavy atom. The molecule has 0 aromatic heterocycles. The summed E-state index contributed by atoms with van der Waals surface area (Å²) in [6.07, 6.45) is 7.49. The minimum Gasteiger partial charge on any atom is -0.305 e. The zero-order chi connectivity index (χ0) is 8.53. The van der Waals surface area contributed by atoms with Gasteiger partial charge in [0, 0.05) is 0 Å². The molecule has 0 fully saturated rings. The lowest BCUT2D eigenvalue weighted by Crippen LogP contribution is -1.96. The number of rotatable bonds is 7. The Labute approximate surface area is 80.9 Å². The predicted molar refractivity (Wildman–Crippen MR) is 56.2 cm³/mol. The quantitative estimate of drug-likeness (QED) is 0.273. The van der Waals surface area contributed by atoms with E-state index in [1.54, 1.807) is 0 Å². The van der Waals surface area contributed by atoms with Gasteiger partial charge < -0.3 is 4.18 Å². The molecule has 0 bridgehead atoms. The molecule has 3 heteroatoms. The summed E-state index contributed by atoms with van der Waals surface area (Å²) in [6, 6.07) is 0. The van der Waals surface area contributed by atoms with Crippen LogP contribution in [0.5, 0.6) is 0 Å². The molecule has 1 atom stereocenters. The highest BCUT2D eigenvalue weighted by Crippen LogP contribution is 2.12. The molecule has 1 unspecified atom stereocenters. The molecule has 68 valence electrons. The van der Waals surface area contributed by atoms with Gasteiger partial charge in [0.2, 0.25) is 0 Å². The third-order valence-corrected chi connectivity index (χ3v) is 2.46. The molecular formula is C8H18OS2. The van der Waals surface area contributed by atoms with Crippen LogP contribution in [0.3, 0.4) is 0 Å². The topological polar surface area (TPSA) is 9.23 Å². The molecule has 0 heterocycles. The first-order valence-electron chi connectivity index (χ1n) is 4.29. The van der Waals surface area contributed by atoms with E-state index in [0.717, 1.165) is 6.42 Å². The molecule has 0 aliphatic rings. The van der Waals surface area contributed by atoms with Crippen molar-refractivity contribution in [2.24, 2.45) is 0 Å². The Bertz CT molecular complexity index is 78.5. The van der Waals surface area contributed by atoms with Crippen LogP contribution in [-0.4, -0.2) is 5.44 Å². The van der Waals surface area contributed by atoms with E-state index in [9.17, 15) is 0 Å². The van der Waals surface area contributed by atoms with E-state index in [1.807, 2.05) is 0 Å². The number of thiol groups is 2.